The molecule has 0 saturated heterocycles. The summed E-state index contributed by atoms with van der Waals surface area (Å²) in [5.74, 6) is 2.11. The van der Waals surface area contributed by atoms with E-state index in [4.69, 9.17) is 14.2 Å². The number of nitrogens with one attached hydrogen (secondary N) is 1. The van der Waals surface area contributed by atoms with Crippen LogP contribution in [0.3, 0.4) is 0 Å². The molecule has 0 spiro atoms. The lowest BCUT2D eigenvalue weighted by Crippen LogP contribution is -2.15. The summed E-state index contributed by atoms with van der Waals surface area (Å²) >= 11 is 0. The third-order valence-corrected chi connectivity index (χ3v) is 3.09. The van der Waals surface area contributed by atoms with E-state index < -0.39 is 0 Å². The molecule has 1 N–H and O–H groups in total. The Morgan fingerprint density at radius 1 is 1.00 bits per heavy atom. The minimum atomic E-state index is -0.107. The van der Waals surface area contributed by atoms with Crippen LogP contribution in [0, 0.1) is 0 Å². The number of methoxy groups -OCH3 is 1. The standard InChI is InChI=1S/C18H21NO4/c1-3-22-15-7-9-16(10-8-15)23-12-11-18(20)19-14-5-4-6-17(13-14)21-2/h4-10,13H,3,11-12H2,1-2H3,(H,19,20). The van der Waals surface area contributed by atoms with Gasteiger partial charge in [0.15, 0.2) is 0 Å². The number of ether oxygens (including phenoxy) is 3. The number of hydrogen-bond donors (Lipinski definition) is 1. The van der Waals surface area contributed by atoms with Crippen LogP contribution in [0.1, 0.15) is 13.3 Å². The lowest BCUT2D eigenvalue weighted by Gasteiger charge is -2.09. The lowest BCUT2D eigenvalue weighted by atomic mass is 10.3. The molecule has 2 aromatic carbocycles. The van der Waals surface area contributed by atoms with Gasteiger partial charge in [-0.25, -0.2) is 0 Å². The molecule has 0 aliphatic rings. The molecule has 0 aliphatic carbocycles. The molecule has 0 unspecified atom stereocenters. The number of hydrogen-bond acceptors (Lipinski definition) is 4. The summed E-state index contributed by atoms with van der Waals surface area (Å²) in [5.41, 5.74) is 0.704. The fourth-order valence-corrected chi connectivity index (χ4v) is 1.98. The molecule has 0 fully saturated rings. The molecule has 0 radical (unpaired) electrons. The summed E-state index contributed by atoms with van der Waals surface area (Å²) in [4.78, 5) is 11.9. The topological polar surface area (TPSA) is 56.8 Å². The van der Waals surface area contributed by atoms with Crippen molar-refractivity contribution >= 4 is 11.6 Å². The van der Waals surface area contributed by atoms with Gasteiger partial charge in [0.05, 0.1) is 26.7 Å². The number of anilines is 1. The predicted molar refractivity (Wildman–Crippen MR) is 89.3 cm³/mol. The zero-order valence-electron chi connectivity index (χ0n) is 13.4. The molecule has 2 aromatic rings. The van der Waals surface area contributed by atoms with Gasteiger partial charge in [0.2, 0.25) is 5.91 Å². The van der Waals surface area contributed by atoms with Crippen LogP contribution in [0.15, 0.2) is 48.5 Å². The zero-order valence-corrected chi connectivity index (χ0v) is 13.4. The fraction of sp³-hybridized carbons (Fsp3) is 0.278. The molecule has 0 bridgehead atoms. The molecule has 0 atom stereocenters. The lowest BCUT2D eigenvalue weighted by molar-refractivity contribution is -0.116. The van der Waals surface area contributed by atoms with Gasteiger partial charge in [0, 0.05) is 11.8 Å². The molecular weight excluding hydrogens is 294 g/mol. The van der Waals surface area contributed by atoms with Crippen molar-refractivity contribution in [1.82, 2.24) is 0 Å². The molecule has 5 nitrogen and oxygen atoms in total. The Hall–Kier alpha value is -2.69. The van der Waals surface area contributed by atoms with E-state index in [2.05, 4.69) is 5.32 Å². The molecule has 122 valence electrons. The third kappa shape index (κ3) is 5.54. The molecule has 0 aliphatic heterocycles. The van der Waals surface area contributed by atoms with Crippen molar-refractivity contribution in [2.24, 2.45) is 0 Å². The summed E-state index contributed by atoms with van der Waals surface area (Å²) in [7, 11) is 1.59. The van der Waals surface area contributed by atoms with Crippen LogP contribution < -0.4 is 19.5 Å². The Bertz CT molecular complexity index is 625. The molecule has 2 rings (SSSR count). The summed E-state index contributed by atoms with van der Waals surface area (Å²) in [5, 5.41) is 2.81. The third-order valence-electron chi connectivity index (χ3n) is 3.09. The highest BCUT2D eigenvalue weighted by molar-refractivity contribution is 5.90. The van der Waals surface area contributed by atoms with E-state index in [1.165, 1.54) is 0 Å². The molecule has 0 heterocycles. The van der Waals surface area contributed by atoms with Crippen LogP contribution in [-0.2, 0) is 4.79 Å². The van der Waals surface area contributed by atoms with Crippen molar-refractivity contribution in [2.45, 2.75) is 13.3 Å². The van der Waals surface area contributed by atoms with Crippen molar-refractivity contribution in [3.8, 4) is 17.2 Å². The van der Waals surface area contributed by atoms with Gasteiger partial charge in [0.25, 0.3) is 0 Å². The summed E-state index contributed by atoms with van der Waals surface area (Å²) in [6.45, 7) is 2.87. The van der Waals surface area contributed by atoms with E-state index in [1.54, 1.807) is 13.2 Å². The van der Waals surface area contributed by atoms with Crippen LogP contribution in [0.4, 0.5) is 5.69 Å². The Kier molecular flexibility index (Phi) is 6.29. The monoisotopic (exact) mass is 315 g/mol. The van der Waals surface area contributed by atoms with Gasteiger partial charge in [-0.05, 0) is 43.3 Å². The zero-order chi connectivity index (χ0) is 16.5. The largest absolute Gasteiger partial charge is 0.497 e. The van der Waals surface area contributed by atoms with E-state index >= 15 is 0 Å². The second-order valence-corrected chi connectivity index (χ2v) is 4.78. The van der Waals surface area contributed by atoms with Crippen molar-refractivity contribution in [3.63, 3.8) is 0 Å². The van der Waals surface area contributed by atoms with Crippen LogP contribution in [0.2, 0.25) is 0 Å². The van der Waals surface area contributed by atoms with Gasteiger partial charge in [-0.15, -0.1) is 0 Å². The highest BCUT2D eigenvalue weighted by Crippen LogP contribution is 2.18. The Labute approximate surface area is 136 Å². The second-order valence-electron chi connectivity index (χ2n) is 4.78. The maximum Gasteiger partial charge on any atom is 0.227 e. The van der Waals surface area contributed by atoms with Gasteiger partial charge in [-0.2, -0.15) is 0 Å². The summed E-state index contributed by atoms with van der Waals surface area (Å²) in [6.07, 6.45) is 0.268. The SMILES string of the molecule is CCOc1ccc(OCCC(=O)Nc2cccc(OC)c2)cc1. The fourth-order valence-electron chi connectivity index (χ4n) is 1.98. The van der Waals surface area contributed by atoms with Crippen LogP contribution in [-0.4, -0.2) is 26.2 Å². The number of carbonyl (C=O) groups excluding carboxylic acids is 1. The average Bonchev–Trinajstić information content (AvgIpc) is 2.57. The summed E-state index contributed by atoms with van der Waals surface area (Å²) < 4.78 is 16.0. The normalized spacial score (nSPS) is 10.0. The van der Waals surface area contributed by atoms with Crippen molar-refractivity contribution in [2.75, 3.05) is 25.6 Å². The Morgan fingerprint density at radius 2 is 1.70 bits per heavy atom. The molecular formula is C18H21NO4. The predicted octanol–water partition coefficient (Wildman–Crippen LogP) is 3.50. The van der Waals surface area contributed by atoms with Gasteiger partial charge in [-0.1, -0.05) is 6.07 Å². The average molecular weight is 315 g/mol. The number of amides is 1. The molecule has 23 heavy (non-hydrogen) atoms. The second kappa shape index (κ2) is 8.68. The minimum Gasteiger partial charge on any atom is -0.497 e. The van der Waals surface area contributed by atoms with Crippen LogP contribution in [0.5, 0.6) is 17.2 Å². The first kappa shape index (κ1) is 16.7. The molecule has 0 aromatic heterocycles. The molecule has 0 saturated carbocycles. The molecule has 1 amide bonds. The van der Waals surface area contributed by atoms with Crippen LogP contribution in [0.25, 0.3) is 0 Å². The van der Waals surface area contributed by atoms with Gasteiger partial charge in [-0.3, -0.25) is 4.79 Å². The smallest absolute Gasteiger partial charge is 0.227 e. The van der Waals surface area contributed by atoms with Crippen molar-refractivity contribution in [3.05, 3.63) is 48.5 Å². The van der Waals surface area contributed by atoms with E-state index in [-0.39, 0.29) is 12.3 Å². The Balaban J connectivity index is 1.75. The molecule has 5 heteroatoms. The van der Waals surface area contributed by atoms with Crippen LogP contribution >= 0.6 is 0 Å². The number of carbonyl (C=O) groups is 1. The quantitative estimate of drug-likeness (QED) is 0.810. The number of benzene rings is 2. The maximum atomic E-state index is 11.9. The van der Waals surface area contributed by atoms with E-state index in [0.29, 0.717) is 30.4 Å². The first-order valence-corrected chi connectivity index (χ1v) is 7.51. The van der Waals surface area contributed by atoms with E-state index in [1.807, 2.05) is 49.4 Å². The maximum absolute atomic E-state index is 11.9. The minimum absolute atomic E-state index is 0.107. The van der Waals surface area contributed by atoms with Gasteiger partial charge >= 0.3 is 0 Å². The van der Waals surface area contributed by atoms with Crippen molar-refractivity contribution < 1.29 is 19.0 Å². The van der Waals surface area contributed by atoms with Crippen molar-refractivity contribution in [1.29, 1.82) is 0 Å². The van der Waals surface area contributed by atoms with E-state index in [9.17, 15) is 4.79 Å². The van der Waals surface area contributed by atoms with E-state index in [0.717, 1.165) is 5.75 Å². The highest BCUT2D eigenvalue weighted by Gasteiger charge is 2.04. The first-order chi connectivity index (χ1) is 11.2. The first-order valence-electron chi connectivity index (χ1n) is 7.51. The highest BCUT2D eigenvalue weighted by atomic mass is 16.5. The van der Waals surface area contributed by atoms with Gasteiger partial charge < -0.3 is 19.5 Å². The number of rotatable bonds is 8. The summed E-state index contributed by atoms with van der Waals surface area (Å²) in [6, 6.07) is 14.6. The van der Waals surface area contributed by atoms with Gasteiger partial charge in [0.1, 0.15) is 17.2 Å². The Morgan fingerprint density at radius 3 is 2.35 bits per heavy atom.